The van der Waals surface area contributed by atoms with Crippen molar-refractivity contribution in [1.82, 2.24) is 10.2 Å². The molecule has 2 aliphatic rings. The number of nitrogens with zero attached hydrogens (tertiary/aromatic N) is 1. The number of amides is 2. The van der Waals surface area contributed by atoms with Crippen molar-refractivity contribution in [3.63, 3.8) is 0 Å². The molecule has 2 fully saturated rings. The molecular formula is C12H20N2O2. The fourth-order valence-corrected chi connectivity index (χ4v) is 2.78. The second-order valence-electron chi connectivity index (χ2n) is 5.04. The van der Waals surface area contributed by atoms with Crippen molar-refractivity contribution in [2.24, 2.45) is 5.92 Å². The molecule has 1 aliphatic carbocycles. The molecule has 0 radical (unpaired) electrons. The normalized spacial score (nSPS) is 32.2. The molecule has 2 amide bonds. The number of hydrogen-bond donors (Lipinski definition) is 1. The SMILES string of the molecule is CC1CCCC(N2CCC(=O)NCC2=O)C1. The molecule has 2 rings (SSSR count). The molecule has 4 nitrogen and oxygen atoms in total. The minimum absolute atomic E-state index is 0.000270. The number of hydrogen-bond acceptors (Lipinski definition) is 2. The van der Waals surface area contributed by atoms with Gasteiger partial charge in [0.15, 0.2) is 0 Å². The number of nitrogens with one attached hydrogen (secondary N) is 1. The van der Waals surface area contributed by atoms with E-state index >= 15 is 0 Å². The van der Waals surface area contributed by atoms with E-state index in [2.05, 4.69) is 12.2 Å². The van der Waals surface area contributed by atoms with Crippen LogP contribution in [0.15, 0.2) is 0 Å². The Hall–Kier alpha value is -1.06. The van der Waals surface area contributed by atoms with Gasteiger partial charge in [0.05, 0.1) is 6.54 Å². The van der Waals surface area contributed by atoms with E-state index < -0.39 is 0 Å². The van der Waals surface area contributed by atoms with E-state index in [-0.39, 0.29) is 18.4 Å². The average Bonchev–Trinajstić information content (AvgIpc) is 2.42. The summed E-state index contributed by atoms with van der Waals surface area (Å²) in [6.45, 7) is 3.03. The lowest BCUT2D eigenvalue weighted by Crippen LogP contribution is -2.44. The number of rotatable bonds is 1. The summed E-state index contributed by atoms with van der Waals surface area (Å²) in [5.41, 5.74) is 0. The first-order chi connectivity index (χ1) is 7.66. The first-order valence-corrected chi connectivity index (χ1v) is 6.23. The third-order valence-corrected chi connectivity index (χ3v) is 3.69. The van der Waals surface area contributed by atoms with Gasteiger partial charge in [0.1, 0.15) is 0 Å². The van der Waals surface area contributed by atoms with Crippen LogP contribution in [0, 0.1) is 5.92 Å². The lowest BCUT2D eigenvalue weighted by Gasteiger charge is -2.35. The van der Waals surface area contributed by atoms with Gasteiger partial charge in [-0.15, -0.1) is 0 Å². The molecule has 2 unspecified atom stereocenters. The Balaban J connectivity index is 2.00. The van der Waals surface area contributed by atoms with Crippen LogP contribution in [-0.2, 0) is 9.59 Å². The van der Waals surface area contributed by atoms with Crippen LogP contribution >= 0.6 is 0 Å². The van der Waals surface area contributed by atoms with E-state index in [4.69, 9.17) is 0 Å². The summed E-state index contributed by atoms with van der Waals surface area (Å²) in [6, 6.07) is 0.365. The van der Waals surface area contributed by atoms with Gasteiger partial charge in [0.2, 0.25) is 11.8 Å². The topological polar surface area (TPSA) is 49.4 Å². The fourth-order valence-electron chi connectivity index (χ4n) is 2.78. The molecule has 1 saturated carbocycles. The molecule has 0 bridgehead atoms. The van der Waals surface area contributed by atoms with Crippen LogP contribution in [-0.4, -0.2) is 35.8 Å². The van der Waals surface area contributed by atoms with Gasteiger partial charge < -0.3 is 10.2 Å². The molecule has 0 spiro atoms. The van der Waals surface area contributed by atoms with Crippen molar-refractivity contribution < 1.29 is 9.59 Å². The van der Waals surface area contributed by atoms with Gasteiger partial charge in [0, 0.05) is 19.0 Å². The first kappa shape index (κ1) is 11.4. The average molecular weight is 224 g/mol. The van der Waals surface area contributed by atoms with Crippen LogP contribution in [0.4, 0.5) is 0 Å². The monoisotopic (exact) mass is 224 g/mol. The molecule has 2 atom stereocenters. The summed E-state index contributed by atoms with van der Waals surface area (Å²) in [5, 5.41) is 2.64. The van der Waals surface area contributed by atoms with Crippen LogP contribution in [0.25, 0.3) is 0 Å². The van der Waals surface area contributed by atoms with Crippen LogP contribution in [0.1, 0.15) is 39.0 Å². The smallest absolute Gasteiger partial charge is 0.242 e. The maximum absolute atomic E-state index is 11.9. The summed E-state index contributed by atoms with van der Waals surface area (Å²) in [6.07, 6.45) is 5.13. The van der Waals surface area contributed by atoms with Crippen molar-refractivity contribution >= 4 is 11.8 Å². The van der Waals surface area contributed by atoms with E-state index in [1.807, 2.05) is 4.90 Å². The quantitative estimate of drug-likeness (QED) is 0.720. The number of carbonyl (C=O) groups is 2. The van der Waals surface area contributed by atoms with E-state index in [1.54, 1.807) is 0 Å². The van der Waals surface area contributed by atoms with Gasteiger partial charge in [-0.05, 0) is 18.8 Å². The minimum atomic E-state index is -0.000270. The Morgan fingerprint density at radius 3 is 2.88 bits per heavy atom. The van der Waals surface area contributed by atoms with Crippen LogP contribution in [0.2, 0.25) is 0 Å². The first-order valence-electron chi connectivity index (χ1n) is 6.23. The van der Waals surface area contributed by atoms with E-state index in [0.717, 1.165) is 12.8 Å². The molecule has 1 aliphatic heterocycles. The van der Waals surface area contributed by atoms with E-state index in [1.165, 1.54) is 12.8 Å². The summed E-state index contributed by atoms with van der Waals surface area (Å²) >= 11 is 0. The Bertz CT molecular complexity index is 291. The molecule has 90 valence electrons. The molecule has 4 heteroatoms. The molecule has 1 N–H and O–H groups in total. The van der Waals surface area contributed by atoms with Crippen molar-refractivity contribution in [2.75, 3.05) is 13.1 Å². The minimum Gasteiger partial charge on any atom is -0.347 e. The standard InChI is InChI=1S/C12H20N2O2/c1-9-3-2-4-10(7-9)14-6-5-11(15)13-8-12(14)16/h9-10H,2-8H2,1H3,(H,13,15). The Labute approximate surface area is 96.4 Å². The highest BCUT2D eigenvalue weighted by Crippen LogP contribution is 2.27. The zero-order chi connectivity index (χ0) is 11.5. The van der Waals surface area contributed by atoms with Crippen molar-refractivity contribution in [3.8, 4) is 0 Å². The van der Waals surface area contributed by atoms with Crippen LogP contribution in [0.3, 0.4) is 0 Å². The molecule has 1 heterocycles. The summed E-state index contributed by atoms with van der Waals surface area (Å²) in [5.74, 6) is 0.795. The number of carbonyl (C=O) groups excluding carboxylic acids is 2. The highest BCUT2D eigenvalue weighted by Gasteiger charge is 2.29. The predicted octanol–water partition coefficient (Wildman–Crippen LogP) is 0.914. The predicted molar refractivity (Wildman–Crippen MR) is 60.8 cm³/mol. The van der Waals surface area contributed by atoms with Gasteiger partial charge in [-0.2, -0.15) is 0 Å². The van der Waals surface area contributed by atoms with Crippen molar-refractivity contribution in [3.05, 3.63) is 0 Å². The fraction of sp³-hybridized carbons (Fsp3) is 0.833. The summed E-state index contributed by atoms with van der Waals surface area (Å²) in [7, 11) is 0. The Morgan fingerprint density at radius 1 is 1.31 bits per heavy atom. The maximum atomic E-state index is 11.9. The maximum Gasteiger partial charge on any atom is 0.242 e. The van der Waals surface area contributed by atoms with Gasteiger partial charge in [-0.3, -0.25) is 9.59 Å². The molecule has 0 aromatic heterocycles. The Kier molecular flexibility index (Phi) is 3.46. The molecule has 16 heavy (non-hydrogen) atoms. The molecule has 1 saturated heterocycles. The van der Waals surface area contributed by atoms with Gasteiger partial charge >= 0.3 is 0 Å². The zero-order valence-corrected chi connectivity index (χ0v) is 9.87. The van der Waals surface area contributed by atoms with E-state index in [9.17, 15) is 9.59 Å². The van der Waals surface area contributed by atoms with E-state index in [0.29, 0.717) is 24.9 Å². The Morgan fingerprint density at radius 2 is 2.12 bits per heavy atom. The third-order valence-electron chi connectivity index (χ3n) is 3.69. The second-order valence-corrected chi connectivity index (χ2v) is 5.04. The molecule has 0 aromatic rings. The summed E-state index contributed by atoms with van der Waals surface area (Å²) in [4.78, 5) is 25.0. The van der Waals surface area contributed by atoms with Crippen LogP contribution in [0.5, 0.6) is 0 Å². The largest absolute Gasteiger partial charge is 0.347 e. The van der Waals surface area contributed by atoms with Crippen LogP contribution < -0.4 is 5.32 Å². The lowest BCUT2D eigenvalue weighted by atomic mass is 9.86. The molecular weight excluding hydrogens is 204 g/mol. The van der Waals surface area contributed by atoms with Gasteiger partial charge in [0.25, 0.3) is 0 Å². The van der Waals surface area contributed by atoms with Crippen molar-refractivity contribution in [1.29, 1.82) is 0 Å². The van der Waals surface area contributed by atoms with Gasteiger partial charge in [-0.1, -0.05) is 19.8 Å². The third kappa shape index (κ3) is 2.54. The summed E-state index contributed by atoms with van der Waals surface area (Å²) < 4.78 is 0. The zero-order valence-electron chi connectivity index (χ0n) is 9.87. The second kappa shape index (κ2) is 4.85. The lowest BCUT2D eigenvalue weighted by molar-refractivity contribution is -0.133. The highest BCUT2D eigenvalue weighted by atomic mass is 16.2. The highest BCUT2D eigenvalue weighted by molar-refractivity contribution is 5.87. The molecule has 0 aromatic carbocycles. The van der Waals surface area contributed by atoms with Crippen molar-refractivity contribution in [2.45, 2.75) is 45.1 Å². The van der Waals surface area contributed by atoms with Gasteiger partial charge in [-0.25, -0.2) is 0 Å².